The van der Waals surface area contributed by atoms with Crippen molar-refractivity contribution in [2.24, 2.45) is 7.05 Å². The van der Waals surface area contributed by atoms with E-state index >= 15 is 0 Å². The summed E-state index contributed by atoms with van der Waals surface area (Å²) in [6.45, 7) is 5.32. The highest BCUT2D eigenvalue weighted by atomic mass is 16.6. The van der Waals surface area contributed by atoms with E-state index in [1.165, 1.54) is 11.9 Å². The number of amides is 1. The van der Waals surface area contributed by atoms with Crippen molar-refractivity contribution in [2.45, 2.75) is 32.4 Å². The standard InChI is InChI=1S/C12H19N3O3/c1-12(2,3)18-11(17)15(5)10(7-16)9-6-14(4)8-13-9/h6-8,10H,1-5H3. The van der Waals surface area contributed by atoms with Crippen molar-refractivity contribution < 1.29 is 14.3 Å². The molecule has 1 rings (SSSR count). The largest absolute Gasteiger partial charge is 0.444 e. The van der Waals surface area contributed by atoms with E-state index in [4.69, 9.17) is 4.74 Å². The minimum atomic E-state index is -0.735. The maximum Gasteiger partial charge on any atom is 0.410 e. The molecule has 0 radical (unpaired) electrons. The molecule has 1 atom stereocenters. The molecular weight excluding hydrogens is 234 g/mol. The summed E-state index contributed by atoms with van der Waals surface area (Å²) < 4.78 is 6.92. The number of aryl methyl sites for hydroxylation is 1. The van der Waals surface area contributed by atoms with Crippen molar-refractivity contribution >= 4 is 12.4 Å². The van der Waals surface area contributed by atoms with Gasteiger partial charge in [-0.05, 0) is 20.8 Å². The van der Waals surface area contributed by atoms with Crippen molar-refractivity contribution in [1.29, 1.82) is 0 Å². The van der Waals surface area contributed by atoms with E-state index in [0.717, 1.165) is 0 Å². The van der Waals surface area contributed by atoms with Crippen LogP contribution in [0.1, 0.15) is 32.5 Å². The van der Waals surface area contributed by atoms with Crippen LogP contribution in [0.15, 0.2) is 12.5 Å². The quantitative estimate of drug-likeness (QED) is 0.766. The fraction of sp³-hybridized carbons (Fsp3) is 0.583. The van der Waals surface area contributed by atoms with Crippen LogP contribution in [-0.2, 0) is 16.6 Å². The molecule has 18 heavy (non-hydrogen) atoms. The molecule has 1 aromatic rings. The Balaban J connectivity index is 2.83. The van der Waals surface area contributed by atoms with E-state index in [1.54, 1.807) is 44.9 Å². The average molecular weight is 253 g/mol. The zero-order valence-electron chi connectivity index (χ0n) is 11.4. The summed E-state index contributed by atoms with van der Waals surface area (Å²) in [5.74, 6) is 0. The van der Waals surface area contributed by atoms with Crippen LogP contribution in [0.3, 0.4) is 0 Å². The minimum Gasteiger partial charge on any atom is -0.444 e. The first kappa shape index (κ1) is 14.2. The summed E-state index contributed by atoms with van der Waals surface area (Å²) >= 11 is 0. The summed E-state index contributed by atoms with van der Waals surface area (Å²) in [6.07, 6.45) is 3.39. The number of aromatic nitrogens is 2. The lowest BCUT2D eigenvalue weighted by atomic mass is 10.2. The van der Waals surface area contributed by atoms with Crippen LogP contribution in [-0.4, -0.2) is 39.5 Å². The molecule has 0 saturated heterocycles. The fourth-order valence-electron chi connectivity index (χ4n) is 1.39. The number of imidazole rings is 1. The number of ether oxygens (including phenoxy) is 1. The van der Waals surface area contributed by atoms with Gasteiger partial charge in [0.05, 0.1) is 12.0 Å². The second kappa shape index (κ2) is 5.20. The Hall–Kier alpha value is -1.85. The highest BCUT2D eigenvalue weighted by Crippen LogP contribution is 2.18. The molecule has 0 saturated carbocycles. The molecular formula is C12H19N3O3. The number of rotatable bonds is 3. The molecule has 1 heterocycles. The van der Waals surface area contributed by atoms with Crippen molar-refractivity contribution in [3.05, 3.63) is 18.2 Å². The van der Waals surface area contributed by atoms with E-state index in [2.05, 4.69) is 4.98 Å². The zero-order valence-corrected chi connectivity index (χ0v) is 11.4. The second-order valence-electron chi connectivity index (χ2n) is 5.14. The molecule has 6 nitrogen and oxygen atoms in total. The minimum absolute atomic E-state index is 0.515. The third-order valence-corrected chi connectivity index (χ3v) is 2.26. The number of carbonyl (C=O) groups excluding carboxylic acids is 2. The summed E-state index contributed by atoms with van der Waals surface area (Å²) in [5, 5.41) is 0. The van der Waals surface area contributed by atoms with Gasteiger partial charge in [0.1, 0.15) is 17.9 Å². The Kier molecular flexibility index (Phi) is 4.11. The molecule has 100 valence electrons. The van der Waals surface area contributed by atoms with Gasteiger partial charge in [0.15, 0.2) is 0 Å². The number of carbonyl (C=O) groups is 2. The van der Waals surface area contributed by atoms with Gasteiger partial charge in [0, 0.05) is 20.3 Å². The van der Waals surface area contributed by atoms with E-state index < -0.39 is 17.7 Å². The van der Waals surface area contributed by atoms with Crippen LogP contribution in [0.25, 0.3) is 0 Å². The topological polar surface area (TPSA) is 64.4 Å². The van der Waals surface area contributed by atoms with Gasteiger partial charge in [-0.2, -0.15) is 0 Å². The van der Waals surface area contributed by atoms with Gasteiger partial charge in [-0.3, -0.25) is 4.90 Å². The maximum atomic E-state index is 11.8. The van der Waals surface area contributed by atoms with Crippen molar-refractivity contribution in [1.82, 2.24) is 14.5 Å². The van der Waals surface area contributed by atoms with E-state index in [0.29, 0.717) is 12.0 Å². The molecule has 1 unspecified atom stereocenters. The van der Waals surface area contributed by atoms with Gasteiger partial charge in [0.2, 0.25) is 0 Å². The Morgan fingerprint density at radius 3 is 2.56 bits per heavy atom. The number of hydrogen-bond donors (Lipinski definition) is 0. The van der Waals surface area contributed by atoms with Crippen LogP contribution in [0.5, 0.6) is 0 Å². The highest BCUT2D eigenvalue weighted by Gasteiger charge is 2.27. The van der Waals surface area contributed by atoms with Crippen molar-refractivity contribution in [2.75, 3.05) is 7.05 Å². The van der Waals surface area contributed by atoms with E-state index in [-0.39, 0.29) is 0 Å². The molecule has 0 aliphatic heterocycles. The van der Waals surface area contributed by atoms with Crippen LogP contribution < -0.4 is 0 Å². The Morgan fingerprint density at radius 1 is 1.56 bits per heavy atom. The van der Waals surface area contributed by atoms with Gasteiger partial charge in [0.25, 0.3) is 0 Å². The lowest BCUT2D eigenvalue weighted by molar-refractivity contribution is -0.112. The molecule has 0 aliphatic carbocycles. The van der Waals surface area contributed by atoms with Gasteiger partial charge in [-0.25, -0.2) is 9.78 Å². The molecule has 0 aliphatic rings. The number of nitrogens with zero attached hydrogens (tertiary/aromatic N) is 3. The van der Waals surface area contributed by atoms with E-state index in [9.17, 15) is 9.59 Å². The molecule has 0 N–H and O–H groups in total. The van der Waals surface area contributed by atoms with E-state index in [1.807, 2.05) is 0 Å². The van der Waals surface area contributed by atoms with Gasteiger partial charge in [-0.15, -0.1) is 0 Å². The number of likely N-dealkylation sites (N-methyl/N-ethyl adjacent to an activating group) is 1. The van der Waals surface area contributed by atoms with Crippen LogP contribution in [0.2, 0.25) is 0 Å². The molecule has 1 aromatic heterocycles. The number of aldehydes is 1. The predicted octanol–water partition coefficient (Wildman–Crippen LogP) is 1.53. The SMILES string of the molecule is CN(C(=O)OC(C)(C)C)C(C=O)c1cn(C)cn1. The average Bonchev–Trinajstić information content (AvgIpc) is 2.63. The van der Waals surface area contributed by atoms with Gasteiger partial charge < -0.3 is 14.1 Å². The van der Waals surface area contributed by atoms with Crippen molar-refractivity contribution in [3.8, 4) is 0 Å². The first-order chi connectivity index (χ1) is 8.24. The zero-order chi connectivity index (χ0) is 13.9. The van der Waals surface area contributed by atoms with Crippen LogP contribution in [0.4, 0.5) is 4.79 Å². The first-order valence-corrected chi connectivity index (χ1v) is 5.63. The predicted molar refractivity (Wildman–Crippen MR) is 66.0 cm³/mol. The van der Waals surface area contributed by atoms with Crippen molar-refractivity contribution in [3.63, 3.8) is 0 Å². The highest BCUT2D eigenvalue weighted by molar-refractivity contribution is 5.74. The lowest BCUT2D eigenvalue weighted by Gasteiger charge is -2.27. The monoisotopic (exact) mass is 253 g/mol. The summed E-state index contributed by atoms with van der Waals surface area (Å²) in [7, 11) is 3.31. The van der Waals surface area contributed by atoms with Gasteiger partial charge in [-0.1, -0.05) is 0 Å². The molecule has 0 aromatic carbocycles. The third kappa shape index (κ3) is 3.58. The third-order valence-electron chi connectivity index (χ3n) is 2.26. The fourth-order valence-corrected chi connectivity index (χ4v) is 1.39. The maximum absolute atomic E-state index is 11.8. The summed E-state index contributed by atoms with van der Waals surface area (Å²) in [4.78, 5) is 28.3. The molecule has 6 heteroatoms. The van der Waals surface area contributed by atoms with Crippen LogP contribution in [0, 0.1) is 0 Å². The molecule has 0 spiro atoms. The summed E-state index contributed by atoms with van der Waals surface area (Å²) in [6, 6.07) is -0.735. The Bertz CT molecular complexity index is 434. The first-order valence-electron chi connectivity index (χ1n) is 5.63. The smallest absolute Gasteiger partial charge is 0.410 e. The molecule has 1 amide bonds. The van der Waals surface area contributed by atoms with Gasteiger partial charge >= 0.3 is 6.09 Å². The molecule has 0 fully saturated rings. The number of hydrogen-bond acceptors (Lipinski definition) is 4. The second-order valence-corrected chi connectivity index (χ2v) is 5.14. The summed E-state index contributed by atoms with van der Waals surface area (Å²) in [5.41, 5.74) is -0.0797. The Labute approximate surface area is 107 Å². The Morgan fingerprint density at radius 2 is 2.17 bits per heavy atom. The van der Waals surface area contributed by atoms with Crippen LogP contribution >= 0.6 is 0 Å². The normalized spacial score (nSPS) is 12.9. The lowest BCUT2D eigenvalue weighted by Crippen LogP contribution is -2.37. The molecule has 0 bridgehead atoms.